The van der Waals surface area contributed by atoms with Crippen LogP contribution in [0, 0.1) is 5.82 Å². The highest BCUT2D eigenvalue weighted by Crippen LogP contribution is 2.44. The molecule has 2 aliphatic rings. The first-order valence-electron chi connectivity index (χ1n) is 17.6. The van der Waals surface area contributed by atoms with Crippen LogP contribution in [0.15, 0.2) is 28.5 Å². The number of hydrogen-bond donors (Lipinski definition) is 2. The summed E-state index contributed by atoms with van der Waals surface area (Å²) in [6.07, 6.45) is 3.48. The van der Waals surface area contributed by atoms with Gasteiger partial charge in [0.15, 0.2) is 11.6 Å². The molecule has 1 saturated carbocycles. The number of nitrogens with zero attached hydrogens (tertiary/aromatic N) is 3. The van der Waals surface area contributed by atoms with E-state index in [1.807, 2.05) is 0 Å². The number of anilines is 1. The Balaban J connectivity index is 1.37. The fraction of sp³-hybridized carbons (Fsp3) is 0.595. The summed E-state index contributed by atoms with van der Waals surface area (Å²) in [6, 6.07) is 0.970. The van der Waals surface area contributed by atoms with Crippen LogP contribution in [0.1, 0.15) is 109 Å². The van der Waals surface area contributed by atoms with Crippen molar-refractivity contribution in [3.05, 3.63) is 45.3 Å². The number of nitrogens with one attached hydrogen (secondary N) is 1. The standard InChI is InChI=1S/C37H50F2N4O9/c1-36(2,3)51-34(48)42(35(49)52-37(4,5)6)17-10-8-9-13-28(44)40-19-27(39)22-12-11-16-41(20-22)30-26(38)18-24-29(32(30)50-7)43(23-14-15-23)21-25(31(24)45)33(46)47/h18,21,23H,8-17,19-20H2,1-7H3,(H,40,44)(H,46,47). The molecule has 0 bridgehead atoms. The topological polar surface area (TPSA) is 157 Å². The predicted molar refractivity (Wildman–Crippen MR) is 190 cm³/mol. The van der Waals surface area contributed by atoms with Crippen molar-refractivity contribution in [3.63, 3.8) is 0 Å². The number of fused-ring (bicyclic) bond motifs is 1. The fourth-order valence-electron chi connectivity index (χ4n) is 6.02. The number of halogens is 2. The zero-order chi connectivity index (χ0) is 38.5. The highest BCUT2D eigenvalue weighted by atomic mass is 19.1. The predicted octanol–water partition coefficient (Wildman–Crippen LogP) is 6.85. The molecule has 52 heavy (non-hydrogen) atoms. The lowest BCUT2D eigenvalue weighted by Gasteiger charge is -2.33. The molecule has 3 amide bonds. The van der Waals surface area contributed by atoms with Crippen molar-refractivity contribution in [1.29, 1.82) is 0 Å². The van der Waals surface area contributed by atoms with E-state index in [-0.39, 0.29) is 54.8 Å². The Labute approximate surface area is 301 Å². The van der Waals surface area contributed by atoms with Crippen LogP contribution >= 0.6 is 0 Å². The van der Waals surface area contributed by atoms with Gasteiger partial charge in [0.25, 0.3) is 0 Å². The van der Waals surface area contributed by atoms with Crippen LogP contribution in [0.3, 0.4) is 0 Å². The second-order valence-electron chi connectivity index (χ2n) is 15.2. The number of amides is 3. The van der Waals surface area contributed by atoms with Crippen molar-refractivity contribution < 1.29 is 47.3 Å². The van der Waals surface area contributed by atoms with Gasteiger partial charge >= 0.3 is 18.2 Å². The Morgan fingerprint density at radius 2 is 1.65 bits per heavy atom. The number of methoxy groups -OCH3 is 1. The number of unbranched alkanes of at least 4 members (excludes halogenated alkanes) is 2. The third-order valence-electron chi connectivity index (χ3n) is 8.52. The maximum Gasteiger partial charge on any atom is 0.419 e. The molecular weight excluding hydrogens is 682 g/mol. The molecule has 0 radical (unpaired) electrons. The molecular formula is C37H50F2N4O9. The van der Waals surface area contributed by atoms with E-state index >= 15 is 8.78 Å². The van der Waals surface area contributed by atoms with Crippen LogP contribution in [0.2, 0.25) is 0 Å². The molecule has 1 aliphatic heterocycles. The number of ether oxygens (including phenoxy) is 3. The lowest BCUT2D eigenvalue weighted by molar-refractivity contribution is -0.121. The zero-order valence-electron chi connectivity index (χ0n) is 31.0. The molecule has 2 fully saturated rings. The highest BCUT2D eigenvalue weighted by Gasteiger charge is 2.33. The molecule has 2 heterocycles. The first-order chi connectivity index (χ1) is 24.3. The maximum absolute atomic E-state index is 15.8. The number of carbonyl (C=O) groups is 4. The molecule has 2 N–H and O–H groups in total. The van der Waals surface area contributed by atoms with E-state index < -0.39 is 52.0 Å². The van der Waals surface area contributed by atoms with Gasteiger partial charge < -0.3 is 34.1 Å². The van der Waals surface area contributed by atoms with Gasteiger partial charge in [0.2, 0.25) is 11.3 Å². The van der Waals surface area contributed by atoms with Crippen LogP contribution in [-0.2, 0) is 14.3 Å². The van der Waals surface area contributed by atoms with Gasteiger partial charge in [-0.25, -0.2) is 28.1 Å². The van der Waals surface area contributed by atoms with Crippen molar-refractivity contribution in [2.75, 3.05) is 38.2 Å². The van der Waals surface area contributed by atoms with Crippen LogP contribution in [-0.4, -0.2) is 83.1 Å². The van der Waals surface area contributed by atoms with Gasteiger partial charge in [-0.15, -0.1) is 0 Å². The quantitative estimate of drug-likeness (QED) is 0.221. The summed E-state index contributed by atoms with van der Waals surface area (Å²) in [5.41, 5.74) is -2.16. The number of piperidine rings is 1. The molecule has 1 aromatic carbocycles. The number of benzene rings is 1. The van der Waals surface area contributed by atoms with Gasteiger partial charge in [0.1, 0.15) is 28.3 Å². The Hall–Kier alpha value is -4.69. The van der Waals surface area contributed by atoms with Crippen molar-refractivity contribution in [3.8, 4) is 5.75 Å². The minimum atomic E-state index is -1.40. The molecule has 4 rings (SSSR count). The van der Waals surface area contributed by atoms with E-state index in [1.165, 1.54) is 13.3 Å². The van der Waals surface area contributed by atoms with Gasteiger partial charge in [-0.05, 0) is 91.7 Å². The molecule has 1 aliphatic carbocycles. The van der Waals surface area contributed by atoms with Gasteiger partial charge in [0, 0.05) is 38.3 Å². The summed E-state index contributed by atoms with van der Waals surface area (Å²) in [5, 5.41) is 12.1. The van der Waals surface area contributed by atoms with Crippen molar-refractivity contribution >= 4 is 40.7 Å². The number of rotatable bonds is 12. The number of carbonyl (C=O) groups excluding carboxylic acids is 3. The first kappa shape index (κ1) is 40.1. The summed E-state index contributed by atoms with van der Waals surface area (Å²) < 4.78 is 49.3. The minimum Gasteiger partial charge on any atom is -0.492 e. The third-order valence-corrected chi connectivity index (χ3v) is 8.52. The normalized spacial score (nSPS) is 16.0. The molecule has 1 aromatic heterocycles. The Bertz CT molecular complexity index is 1760. The van der Waals surface area contributed by atoms with Gasteiger partial charge in [0.05, 0.1) is 24.6 Å². The number of imide groups is 1. The largest absolute Gasteiger partial charge is 0.492 e. The molecule has 0 unspecified atom stereocenters. The average molecular weight is 733 g/mol. The number of aromatic nitrogens is 1. The van der Waals surface area contributed by atoms with E-state index in [0.29, 0.717) is 49.7 Å². The Morgan fingerprint density at radius 1 is 1.02 bits per heavy atom. The van der Waals surface area contributed by atoms with E-state index in [1.54, 1.807) is 51.0 Å². The maximum atomic E-state index is 15.8. The summed E-state index contributed by atoms with van der Waals surface area (Å²) in [7, 11) is 1.35. The van der Waals surface area contributed by atoms with Crippen LogP contribution < -0.4 is 20.4 Å². The smallest absolute Gasteiger partial charge is 0.419 e. The summed E-state index contributed by atoms with van der Waals surface area (Å²) in [4.78, 5) is 65.3. The molecule has 0 atom stereocenters. The van der Waals surface area contributed by atoms with Gasteiger partial charge in [-0.2, -0.15) is 0 Å². The third kappa shape index (κ3) is 10.2. The van der Waals surface area contributed by atoms with Crippen molar-refractivity contribution in [2.45, 2.75) is 110 Å². The van der Waals surface area contributed by atoms with Gasteiger partial charge in [-0.3, -0.25) is 9.59 Å². The SMILES string of the molecule is COc1c(N2CCCC(=C(F)CNC(=O)CCCCCN(C(=O)OC(C)(C)C)C(=O)OC(C)(C)C)C2)c(F)cc2c(=O)c(C(=O)O)cn(C3CC3)c12. The average Bonchev–Trinajstić information content (AvgIpc) is 3.89. The van der Waals surface area contributed by atoms with E-state index in [4.69, 9.17) is 14.2 Å². The van der Waals surface area contributed by atoms with E-state index in [9.17, 15) is 29.1 Å². The molecule has 1 saturated heterocycles. The second kappa shape index (κ2) is 16.3. The first-order valence-corrected chi connectivity index (χ1v) is 17.6. The summed E-state index contributed by atoms with van der Waals surface area (Å²) in [6.45, 7) is 10.2. The molecule has 2 aromatic rings. The number of carboxylic acids is 1. The fourth-order valence-corrected chi connectivity index (χ4v) is 6.02. The van der Waals surface area contributed by atoms with E-state index in [0.717, 1.165) is 23.8 Å². The minimum absolute atomic E-state index is 0.0210. The number of carboxylic acid groups (broad SMARTS) is 1. The number of hydrogen-bond acceptors (Lipinski definition) is 9. The lowest BCUT2D eigenvalue weighted by Crippen LogP contribution is -2.44. The van der Waals surface area contributed by atoms with Crippen LogP contribution in [0.4, 0.5) is 24.1 Å². The zero-order valence-corrected chi connectivity index (χ0v) is 31.0. The monoisotopic (exact) mass is 732 g/mol. The Morgan fingerprint density at radius 3 is 2.21 bits per heavy atom. The number of pyridine rings is 1. The van der Waals surface area contributed by atoms with Gasteiger partial charge in [-0.1, -0.05) is 6.42 Å². The molecule has 15 heteroatoms. The Kier molecular flexibility index (Phi) is 12.6. The highest BCUT2D eigenvalue weighted by molar-refractivity contribution is 5.97. The second-order valence-corrected chi connectivity index (χ2v) is 15.2. The van der Waals surface area contributed by atoms with Crippen LogP contribution in [0.5, 0.6) is 5.75 Å². The summed E-state index contributed by atoms with van der Waals surface area (Å²) >= 11 is 0. The van der Waals surface area contributed by atoms with Crippen molar-refractivity contribution in [1.82, 2.24) is 14.8 Å². The molecule has 0 spiro atoms. The van der Waals surface area contributed by atoms with Crippen LogP contribution in [0.25, 0.3) is 10.9 Å². The number of aromatic carboxylic acids is 1. The molecule has 286 valence electrons. The van der Waals surface area contributed by atoms with E-state index in [2.05, 4.69) is 5.32 Å². The summed E-state index contributed by atoms with van der Waals surface area (Å²) in [5.74, 6) is -3.03. The molecule has 13 nitrogen and oxygen atoms in total. The lowest BCUT2D eigenvalue weighted by atomic mass is 10.0. The van der Waals surface area contributed by atoms with Crippen molar-refractivity contribution in [2.24, 2.45) is 0 Å².